The minimum absolute atomic E-state index is 0.0138. The van der Waals surface area contributed by atoms with Gasteiger partial charge in [0.25, 0.3) is 0 Å². The molecule has 1 saturated heterocycles. The molecule has 0 aliphatic carbocycles. The minimum Gasteiger partial charge on any atom is -0.497 e. The van der Waals surface area contributed by atoms with E-state index in [2.05, 4.69) is 25.8 Å². The highest BCUT2D eigenvalue weighted by Crippen LogP contribution is 2.18. The summed E-state index contributed by atoms with van der Waals surface area (Å²) in [6.07, 6.45) is 1.93. The first-order valence-corrected chi connectivity index (χ1v) is 7.33. The Bertz CT molecular complexity index is 632. The molecule has 0 radical (unpaired) electrons. The first kappa shape index (κ1) is 14.5. The zero-order valence-electron chi connectivity index (χ0n) is 12.4. The van der Waals surface area contributed by atoms with Crippen LogP contribution in [0.25, 0.3) is 11.4 Å². The van der Waals surface area contributed by atoms with Crippen molar-refractivity contribution in [3.05, 3.63) is 30.1 Å². The van der Waals surface area contributed by atoms with E-state index in [0.29, 0.717) is 18.2 Å². The molecule has 7 heteroatoms. The second-order valence-corrected chi connectivity index (χ2v) is 5.20. The number of benzene rings is 1. The van der Waals surface area contributed by atoms with Gasteiger partial charge in [-0.25, -0.2) is 4.98 Å². The number of methoxy groups -OCH3 is 1. The second-order valence-electron chi connectivity index (χ2n) is 5.20. The summed E-state index contributed by atoms with van der Waals surface area (Å²) < 4.78 is 5.12. The van der Waals surface area contributed by atoms with E-state index in [1.165, 1.54) is 0 Å². The summed E-state index contributed by atoms with van der Waals surface area (Å²) in [5.41, 5.74) is 0.895. The second kappa shape index (κ2) is 6.57. The third-order valence-electron chi connectivity index (χ3n) is 3.69. The lowest BCUT2D eigenvalue weighted by atomic mass is 10.2. The van der Waals surface area contributed by atoms with Gasteiger partial charge in [-0.05, 0) is 43.7 Å². The highest BCUT2D eigenvalue weighted by molar-refractivity contribution is 5.81. The number of hydrogen-bond donors (Lipinski definition) is 3. The highest BCUT2D eigenvalue weighted by atomic mass is 16.5. The molecule has 2 aromatic rings. The van der Waals surface area contributed by atoms with Crippen molar-refractivity contribution in [3.63, 3.8) is 0 Å². The summed E-state index contributed by atoms with van der Waals surface area (Å²) in [4.78, 5) is 16.3. The number of aromatic amines is 1. The van der Waals surface area contributed by atoms with Gasteiger partial charge in [-0.3, -0.25) is 9.89 Å². The number of nitrogens with zero attached hydrogens (tertiary/aromatic N) is 2. The van der Waals surface area contributed by atoms with Gasteiger partial charge in [-0.2, -0.15) is 5.10 Å². The van der Waals surface area contributed by atoms with Crippen LogP contribution in [0, 0.1) is 0 Å². The van der Waals surface area contributed by atoms with Crippen LogP contribution in [0.3, 0.4) is 0 Å². The fourth-order valence-corrected chi connectivity index (χ4v) is 2.45. The van der Waals surface area contributed by atoms with Crippen molar-refractivity contribution < 1.29 is 9.53 Å². The summed E-state index contributed by atoms with van der Waals surface area (Å²) >= 11 is 0. The predicted octanol–water partition coefficient (Wildman–Crippen LogP) is 0.848. The third kappa shape index (κ3) is 3.25. The standard InChI is InChI=1S/C15H19N5O2/c1-22-11-6-4-10(5-7-11)14-18-13(19-20-14)9-17-15(21)12-3-2-8-16-12/h4-7,12,16H,2-3,8-9H2,1H3,(H,17,21)(H,18,19,20). The summed E-state index contributed by atoms with van der Waals surface area (Å²) in [6, 6.07) is 7.43. The molecule has 116 valence electrons. The van der Waals surface area contributed by atoms with Crippen molar-refractivity contribution in [1.82, 2.24) is 25.8 Å². The van der Waals surface area contributed by atoms with E-state index >= 15 is 0 Å². The van der Waals surface area contributed by atoms with Gasteiger partial charge in [0.2, 0.25) is 5.91 Å². The van der Waals surface area contributed by atoms with E-state index in [0.717, 1.165) is 30.7 Å². The monoisotopic (exact) mass is 301 g/mol. The van der Waals surface area contributed by atoms with Crippen LogP contribution in [-0.4, -0.2) is 40.8 Å². The Morgan fingerprint density at radius 2 is 2.23 bits per heavy atom. The maximum atomic E-state index is 11.9. The quantitative estimate of drug-likeness (QED) is 0.761. The molecule has 22 heavy (non-hydrogen) atoms. The fraction of sp³-hybridized carbons (Fsp3) is 0.400. The molecule has 0 saturated carbocycles. The van der Waals surface area contributed by atoms with Gasteiger partial charge < -0.3 is 15.4 Å². The summed E-state index contributed by atoms with van der Waals surface area (Å²) in [7, 11) is 1.63. The topological polar surface area (TPSA) is 91.9 Å². The average Bonchev–Trinajstić information content (AvgIpc) is 3.24. The van der Waals surface area contributed by atoms with Crippen molar-refractivity contribution in [2.75, 3.05) is 13.7 Å². The molecule has 2 heterocycles. The van der Waals surface area contributed by atoms with Crippen LogP contribution in [0.4, 0.5) is 0 Å². The normalized spacial score (nSPS) is 17.4. The van der Waals surface area contributed by atoms with Gasteiger partial charge in [-0.15, -0.1) is 0 Å². The average molecular weight is 301 g/mol. The maximum Gasteiger partial charge on any atom is 0.237 e. The van der Waals surface area contributed by atoms with Crippen LogP contribution in [0.5, 0.6) is 5.75 Å². The molecule has 1 aliphatic heterocycles. The molecular weight excluding hydrogens is 282 g/mol. The van der Waals surface area contributed by atoms with Crippen molar-refractivity contribution in [2.24, 2.45) is 0 Å². The van der Waals surface area contributed by atoms with E-state index in [1.807, 2.05) is 24.3 Å². The van der Waals surface area contributed by atoms with Crippen LogP contribution in [0.15, 0.2) is 24.3 Å². The maximum absolute atomic E-state index is 11.9. The fourth-order valence-electron chi connectivity index (χ4n) is 2.45. The zero-order chi connectivity index (χ0) is 15.4. The summed E-state index contributed by atoms with van der Waals surface area (Å²) in [6.45, 7) is 1.25. The molecule has 1 atom stereocenters. The highest BCUT2D eigenvalue weighted by Gasteiger charge is 2.21. The van der Waals surface area contributed by atoms with Crippen molar-refractivity contribution in [3.8, 4) is 17.1 Å². The molecule has 3 N–H and O–H groups in total. The van der Waals surface area contributed by atoms with Gasteiger partial charge in [0.05, 0.1) is 19.7 Å². The molecule has 1 amide bonds. The van der Waals surface area contributed by atoms with Crippen LogP contribution in [0.2, 0.25) is 0 Å². The van der Waals surface area contributed by atoms with E-state index in [9.17, 15) is 4.79 Å². The van der Waals surface area contributed by atoms with Crippen LogP contribution >= 0.6 is 0 Å². The summed E-state index contributed by atoms with van der Waals surface area (Å²) in [5.74, 6) is 2.04. The van der Waals surface area contributed by atoms with Crippen LogP contribution in [-0.2, 0) is 11.3 Å². The Morgan fingerprint density at radius 3 is 2.91 bits per heavy atom. The van der Waals surface area contributed by atoms with E-state index in [1.54, 1.807) is 7.11 Å². The SMILES string of the molecule is COc1ccc(-c2n[nH]c(CNC(=O)C3CCCN3)n2)cc1. The van der Waals surface area contributed by atoms with Gasteiger partial charge in [-0.1, -0.05) is 0 Å². The lowest BCUT2D eigenvalue weighted by molar-refractivity contribution is -0.122. The molecule has 0 spiro atoms. The number of carbonyl (C=O) groups excluding carboxylic acids is 1. The first-order valence-electron chi connectivity index (χ1n) is 7.33. The van der Waals surface area contributed by atoms with Crippen LogP contribution < -0.4 is 15.4 Å². The predicted molar refractivity (Wildman–Crippen MR) is 81.2 cm³/mol. The lowest BCUT2D eigenvalue weighted by Crippen LogP contribution is -2.40. The molecule has 7 nitrogen and oxygen atoms in total. The molecule has 3 rings (SSSR count). The molecule has 1 fully saturated rings. The number of carbonyl (C=O) groups is 1. The number of H-pyrrole nitrogens is 1. The molecule has 1 aromatic carbocycles. The number of ether oxygens (including phenoxy) is 1. The van der Waals surface area contributed by atoms with Crippen LogP contribution in [0.1, 0.15) is 18.7 Å². The van der Waals surface area contributed by atoms with E-state index in [4.69, 9.17) is 4.74 Å². The Hall–Kier alpha value is -2.41. The Labute approximate surface area is 128 Å². The number of amides is 1. The number of rotatable bonds is 5. The minimum atomic E-state index is -0.0796. The lowest BCUT2D eigenvalue weighted by Gasteiger charge is -2.09. The van der Waals surface area contributed by atoms with Gasteiger partial charge in [0, 0.05) is 5.56 Å². The first-order chi connectivity index (χ1) is 10.8. The summed E-state index contributed by atoms with van der Waals surface area (Å²) in [5, 5.41) is 13.1. The zero-order valence-corrected chi connectivity index (χ0v) is 12.4. The molecule has 1 unspecified atom stereocenters. The largest absolute Gasteiger partial charge is 0.497 e. The molecular formula is C15H19N5O2. The molecule has 0 bridgehead atoms. The Kier molecular flexibility index (Phi) is 4.34. The van der Waals surface area contributed by atoms with Crippen molar-refractivity contribution in [1.29, 1.82) is 0 Å². The Balaban J connectivity index is 1.59. The van der Waals surface area contributed by atoms with Crippen molar-refractivity contribution >= 4 is 5.91 Å². The number of hydrogen-bond acceptors (Lipinski definition) is 5. The molecule has 1 aliphatic rings. The third-order valence-corrected chi connectivity index (χ3v) is 3.69. The van der Waals surface area contributed by atoms with E-state index < -0.39 is 0 Å². The van der Waals surface area contributed by atoms with E-state index in [-0.39, 0.29) is 11.9 Å². The Morgan fingerprint density at radius 1 is 1.41 bits per heavy atom. The van der Waals surface area contributed by atoms with Gasteiger partial charge in [0.1, 0.15) is 11.6 Å². The van der Waals surface area contributed by atoms with Gasteiger partial charge in [0.15, 0.2) is 5.82 Å². The van der Waals surface area contributed by atoms with Gasteiger partial charge >= 0.3 is 0 Å². The smallest absolute Gasteiger partial charge is 0.237 e. The van der Waals surface area contributed by atoms with Crippen molar-refractivity contribution in [2.45, 2.75) is 25.4 Å². The number of nitrogens with one attached hydrogen (secondary N) is 3. The number of aromatic nitrogens is 3. The molecule has 1 aromatic heterocycles.